The van der Waals surface area contributed by atoms with Gasteiger partial charge in [-0.05, 0) is 43.4 Å². The lowest BCUT2D eigenvalue weighted by Gasteiger charge is -2.38. The van der Waals surface area contributed by atoms with E-state index < -0.39 is 0 Å². The summed E-state index contributed by atoms with van der Waals surface area (Å²) in [5.74, 6) is 0.945. The Hall–Kier alpha value is -1.22. The zero-order valence-corrected chi connectivity index (χ0v) is 12.9. The molecular weight excluding hydrogens is 248 g/mol. The lowest BCUT2D eigenvalue weighted by molar-refractivity contribution is 0.185. The SMILES string of the molecule is COc1ccccc1N(C)CCC1(CN)CCCCC1. The van der Waals surface area contributed by atoms with Gasteiger partial charge in [0.05, 0.1) is 12.8 Å². The fourth-order valence-electron chi connectivity index (χ4n) is 3.33. The molecule has 0 spiro atoms. The van der Waals surface area contributed by atoms with E-state index in [-0.39, 0.29) is 0 Å². The third kappa shape index (κ3) is 3.45. The lowest BCUT2D eigenvalue weighted by Crippen LogP contribution is -2.36. The predicted octanol–water partition coefficient (Wildman–Crippen LogP) is 3.43. The maximum atomic E-state index is 6.08. The van der Waals surface area contributed by atoms with Gasteiger partial charge in [0.2, 0.25) is 0 Å². The Morgan fingerprint density at radius 1 is 1.20 bits per heavy atom. The van der Waals surface area contributed by atoms with Gasteiger partial charge in [0.25, 0.3) is 0 Å². The predicted molar refractivity (Wildman–Crippen MR) is 85.5 cm³/mol. The minimum Gasteiger partial charge on any atom is -0.495 e. The topological polar surface area (TPSA) is 38.5 Å². The van der Waals surface area contributed by atoms with E-state index in [1.807, 2.05) is 12.1 Å². The number of benzene rings is 1. The molecule has 112 valence electrons. The standard InChI is InChI=1S/C17H28N2O/c1-19(15-8-4-5-9-16(15)20-2)13-12-17(14-18)10-6-3-7-11-17/h4-5,8-9H,3,6-7,10-14,18H2,1-2H3. The highest BCUT2D eigenvalue weighted by Crippen LogP contribution is 2.39. The van der Waals surface area contributed by atoms with Crippen LogP contribution in [0.4, 0.5) is 5.69 Å². The molecule has 0 radical (unpaired) electrons. The van der Waals surface area contributed by atoms with Gasteiger partial charge in [-0.25, -0.2) is 0 Å². The summed E-state index contributed by atoms with van der Waals surface area (Å²) in [5, 5.41) is 0. The Kier molecular flexibility index (Phi) is 5.30. The number of rotatable bonds is 6. The van der Waals surface area contributed by atoms with Gasteiger partial charge in [-0.2, -0.15) is 0 Å². The second-order valence-corrected chi connectivity index (χ2v) is 6.11. The summed E-state index contributed by atoms with van der Waals surface area (Å²) in [4.78, 5) is 2.30. The normalized spacial score (nSPS) is 17.8. The van der Waals surface area contributed by atoms with E-state index >= 15 is 0 Å². The molecule has 1 aromatic carbocycles. The number of ether oxygens (including phenoxy) is 1. The van der Waals surface area contributed by atoms with Gasteiger partial charge in [0.15, 0.2) is 0 Å². The van der Waals surface area contributed by atoms with Crippen LogP contribution in [0.15, 0.2) is 24.3 Å². The smallest absolute Gasteiger partial charge is 0.142 e. The first-order chi connectivity index (χ1) is 9.71. The molecule has 20 heavy (non-hydrogen) atoms. The Morgan fingerprint density at radius 3 is 2.55 bits per heavy atom. The van der Waals surface area contributed by atoms with Crippen LogP contribution in [0, 0.1) is 5.41 Å². The Balaban J connectivity index is 1.98. The van der Waals surface area contributed by atoms with Crippen molar-refractivity contribution in [1.29, 1.82) is 0 Å². The highest BCUT2D eigenvalue weighted by Gasteiger charge is 2.30. The number of anilines is 1. The molecule has 0 aromatic heterocycles. The van der Waals surface area contributed by atoms with Gasteiger partial charge in [0.1, 0.15) is 5.75 Å². The van der Waals surface area contributed by atoms with Crippen LogP contribution in [0.5, 0.6) is 5.75 Å². The van der Waals surface area contributed by atoms with Crippen molar-refractivity contribution in [2.45, 2.75) is 38.5 Å². The molecule has 0 amide bonds. The number of nitrogens with two attached hydrogens (primary N) is 1. The van der Waals surface area contributed by atoms with E-state index in [2.05, 4.69) is 24.1 Å². The molecule has 2 rings (SSSR count). The van der Waals surface area contributed by atoms with Crippen LogP contribution >= 0.6 is 0 Å². The summed E-state index contributed by atoms with van der Waals surface area (Å²) >= 11 is 0. The van der Waals surface area contributed by atoms with Crippen LogP contribution in [-0.2, 0) is 0 Å². The summed E-state index contributed by atoms with van der Waals surface area (Å²) < 4.78 is 5.44. The van der Waals surface area contributed by atoms with Crippen LogP contribution in [0.25, 0.3) is 0 Å². The van der Waals surface area contributed by atoms with Gasteiger partial charge >= 0.3 is 0 Å². The van der Waals surface area contributed by atoms with Crippen LogP contribution in [-0.4, -0.2) is 27.2 Å². The van der Waals surface area contributed by atoms with Gasteiger partial charge in [0, 0.05) is 13.6 Å². The number of para-hydroxylation sites is 2. The molecule has 0 bridgehead atoms. The van der Waals surface area contributed by atoms with E-state index in [0.717, 1.165) is 24.5 Å². The van der Waals surface area contributed by atoms with Crippen LogP contribution in [0.3, 0.4) is 0 Å². The first-order valence-electron chi connectivity index (χ1n) is 7.75. The number of hydrogen-bond acceptors (Lipinski definition) is 3. The van der Waals surface area contributed by atoms with Gasteiger partial charge in [-0.15, -0.1) is 0 Å². The summed E-state index contributed by atoms with van der Waals surface area (Å²) in [6, 6.07) is 8.21. The second kappa shape index (κ2) is 6.98. The highest BCUT2D eigenvalue weighted by atomic mass is 16.5. The van der Waals surface area contributed by atoms with E-state index in [4.69, 9.17) is 10.5 Å². The molecule has 0 heterocycles. The monoisotopic (exact) mass is 276 g/mol. The fraction of sp³-hybridized carbons (Fsp3) is 0.647. The highest BCUT2D eigenvalue weighted by molar-refractivity contribution is 5.57. The van der Waals surface area contributed by atoms with E-state index in [0.29, 0.717) is 5.41 Å². The minimum absolute atomic E-state index is 0.370. The molecule has 3 heteroatoms. The molecule has 1 aromatic rings. The molecule has 1 fully saturated rings. The number of nitrogens with zero attached hydrogens (tertiary/aromatic N) is 1. The van der Waals surface area contributed by atoms with Crippen molar-refractivity contribution < 1.29 is 4.74 Å². The first-order valence-corrected chi connectivity index (χ1v) is 7.75. The first kappa shape index (κ1) is 15.2. The Labute approximate surface area is 123 Å². The molecule has 0 saturated heterocycles. The Bertz CT molecular complexity index is 413. The van der Waals surface area contributed by atoms with Crippen molar-refractivity contribution in [2.24, 2.45) is 11.1 Å². The molecule has 0 aliphatic heterocycles. The van der Waals surface area contributed by atoms with Gasteiger partial charge in [-0.3, -0.25) is 0 Å². The van der Waals surface area contributed by atoms with Crippen molar-refractivity contribution in [3.63, 3.8) is 0 Å². The average Bonchev–Trinajstić information content (AvgIpc) is 2.53. The molecule has 2 N–H and O–H groups in total. The van der Waals surface area contributed by atoms with Crippen molar-refractivity contribution >= 4 is 5.69 Å². The molecule has 0 atom stereocenters. The summed E-state index contributed by atoms with van der Waals surface area (Å²) in [5.41, 5.74) is 7.61. The summed E-state index contributed by atoms with van der Waals surface area (Å²) in [7, 11) is 3.88. The van der Waals surface area contributed by atoms with Crippen LogP contribution in [0.2, 0.25) is 0 Å². The van der Waals surface area contributed by atoms with Crippen molar-refractivity contribution in [3.05, 3.63) is 24.3 Å². The summed E-state index contributed by atoms with van der Waals surface area (Å²) in [6.45, 7) is 1.87. The molecular formula is C17H28N2O. The Morgan fingerprint density at radius 2 is 1.90 bits per heavy atom. The lowest BCUT2D eigenvalue weighted by atomic mass is 9.72. The van der Waals surface area contributed by atoms with Crippen LogP contribution in [0.1, 0.15) is 38.5 Å². The quantitative estimate of drug-likeness (QED) is 0.865. The second-order valence-electron chi connectivity index (χ2n) is 6.11. The van der Waals surface area contributed by atoms with Gasteiger partial charge in [-0.1, -0.05) is 31.4 Å². The molecule has 1 aliphatic rings. The fourth-order valence-corrected chi connectivity index (χ4v) is 3.33. The zero-order valence-electron chi connectivity index (χ0n) is 12.9. The maximum Gasteiger partial charge on any atom is 0.142 e. The van der Waals surface area contributed by atoms with Crippen molar-refractivity contribution in [1.82, 2.24) is 0 Å². The minimum atomic E-state index is 0.370. The molecule has 1 saturated carbocycles. The molecule has 3 nitrogen and oxygen atoms in total. The van der Waals surface area contributed by atoms with Gasteiger partial charge < -0.3 is 15.4 Å². The van der Waals surface area contributed by atoms with E-state index in [1.165, 1.54) is 38.5 Å². The third-order valence-electron chi connectivity index (χ3n) is 4.82. The van der Waals surface area contributed by atoms with E-state index in [1.54, 1.807) is 7.11 Å². The van der Waals surface area contributed by atoms with E-state index in [9.17, 15) is 0 Å². The number of methoxy groups -OCH3 is 1. The zero-order chi connectivity index (χ0) is 14.4. The van der Waals surface area contributed by atoms with Crippen LogP contribution < -0.4 is 15.4 Å². The maximum absolute atomic E-state index is 6.08. The summed E-state index contributed by atoms with van der Waals surface area (Å²) in [6.07, 6.45) is 7.83. The molecule has 0 unspecified atom stereocenters. The molecule has 1 aliphatic carbocycles. The average molecular weight is 276 g/mol. The third-order valence-corrected chi connectivity index (χ3v) is 4.82. The van der Waals surface area contributed by atoms with Crippen molar-refractivity contribution in [3.8, 4) is 5.75 Å². The number of hydrogen-bond donors (Lipinski definition) is 1. The van der Waals surface area contributed by atoms with Crippen molar-refractivity contribution in [2.75, 3.05) is 32.1 Å². The largest absolute Gasteiger partial charge is 0.495 e.